The lowest BCUT2D eigenvalue weighted by Crippen LogP contribution is -2.19. The quantitative estimate of drug-likeness (QED) is 0.456. The van der Waals surface area contributed by atoms with E-state index in [4.69, 9.17) is 0 Å². The second kappa shape index (κ2) is 4.16. The maximum absolute atomic E-state index is 11.3. The number of Topliss-reactive ketones (excluding diaryl/α,β-unsaturated/α-hetero) is 1. The summed E-state index contributed by atoms with van der Waals surface area (Å²) in [5.74, 6) is -0.280. The number of hydrogen-bond donors (Lipinski definition) is 0. The van der Waals surface area contributed by atoms with Crippen molar-refractivity contribution in [3.05, 3.63) is 33.9 Å². The third kappa shape index (κ3) is 2.27. The van der Waals surface area contributed by atoms with Gasteiger partial charge < -0.3 is 4.90 Å². The van der Waals surface area contributed by atoms with Gasteiger partial charge in [-0.2, -0.15) is 0 Å². The molecule has 2 rings (SSSR count). The lowest BCUT2D eigenvalue weighted by atomic mass is 10.1. The Morgan fingerprint density at radius 3 is 2.59 bits per heavy atom. The number of hydrogen-bond acceptors (Lipinski definition) is 4. The van der Waals surface area contributed by atoms with Gasteiger partial charge in [-0.1, -0.05) is 0 Å². The first-order valence-corrected chi connectivity index (χ1v) is 5.53. The summed E-state index contributed by atoms with van der Waals surface area (Å²) in [5, 5.41) is 10.9. The molecule has 0 aromatic heterocycles. The molecule has 0 saturated heterocycles. The van der Waals surface area contributed by atoms with Gasteiger partial charge in [0.25, 0.3) is 5.69 Å². The maximum Gasteiger partial charge on any atom is 0.282 e. The molecular formula is C12H14N2O3. The van der Waals surface area contributed by atoms with Gasteiger partial charge in [-0.25, -0.2) is 0 Å². The average molecular weight is 234 g/mol. The van der Waals surface area contributed by atoms with Crippen molar-refractivity contribution in [1.82, 2.24) is 0 Å². The molecule has 5 heteroatoms. The summed E-state index contributed by atoms with van der Waals surface area (Å²) in [4.78, 5) is 23.7. The van der Waals surface area contributed by atoms with Crippen molar-refractivity contribution in [2.45, 2.75) is 25.8 Å². The first kappa shape index (κ1) is 11.6. The molecule has 5 nitrogen and oxygen atoms in total. The molecule has 0 radical (unpaired) electrons. The van der Waals surface area contributed by atoms with Crippen LogP contribution < -0.4 is 4.90 Å². The van der Waals surface area contributed by atoms with Gasteiger partial charge in [0.2, 0.25) is 0 Å². The third-order valence-electron chi connectivity index (χ3n) is 3.06. The molecule has 0 N–H and O–H groups in total. The summed E-state index contributed by atoms with van der Waals surface area (Å²) in [6.07, 6.45) is 2.25. The zero-order valence-corrected chi connectivity index (χ0v) is 9.84. The second-order valence-electron chi connectivity index (χ2n) is 4.36. The molecule has 0 aliphatic heterocycles. The molecule has 0 spiro atoms. The Bertz CT molecular complexity index is 481. The first-order valence-electron chi connectivity index (χ1n) is 5.53. The topological polar surface area (TPSA) is 63.5 Å². The summed E-state index contributed by atoms with van der Waals surface area (Å²) in [6, 6.07) is 5.27. The predicted molar refractivity (Wildman–Crippen MR) is 64.5 cm³/mol. The van der Waals surface area contributed by atoms with E-state index in [1.54, 1.807) is 6.07 Å². The van der Waals surface area contributed by atoms with Crippen LogP contribution in [0.4, 0.5) is 11.4 Å². The van der Waals surface area contributed by atoms with E-state index in [1.165, 1.54) is 19.1 Å². The average Bonchev–Trinajstić information content (AvgIpc) is 3.10. The van der Waals surface area contributed by atoms with Crippen LogP contribution in [0.5, 0.6) is 0 Å². The van der Waals surface area contributed by atoms with E-state index in [9.17, 15) is 14.9 Å². The minimum absolute atomic E-state index is 0.109. The van der Waals surface area contributed by atoms with Crippen LogP contribution in [0.15, 0.2) is 18.2 Å². The number of carbonyl (C=O) groups is 1. The van der Waals surface area contributed by atoms with Gasteiger partial charge >= 0.3 is 0 Å². The Labute approximate surface area is 99.2 Å². The largest absolute Gasteiger partial charge is 0.371 e. The molecule has 0 heterocycles. The zero-order chi connectivity index (χ0) is 12.6. The fraction of sp³-hybridized carbons (Fsp3) is 0.417. The van der Waals surface area contributed by atoms with Crippen LogP contribution in [0.2, 0.25) is 0 Å². The van der Waals surface area contributed by atoms with E-state index in [1.807, 2.05) is 11.9 Å². The van der Waals surface area contributed by atoms with Crippen LogP contribution >= 0.6 is 0 Å². The lowest BCUT2D eigenvalue weighted by molar-refractivity contribution is -0.385. The standard InChI is InChI=1S/C12H14N2O3/c1-8(15)11-6-5-10(7-12(11)14(16)17)13(2)9-3-4-9/h5-7,9H,3-4H2,1-2H3. The lowest BCUT2D eigenvalue weighted by Gasteiger charge is -2.18. The Kier molecular flexibility index (Phi) is 2.83. The third-order valence-corrected chi connectivity index (χ3v) is 3.06. The van der Waals surface area contributed by atoms with Crippen molar-refractivity contribution in [3.8, 4) is 0 Å². The SMILES string of the molecule is CC(=O)c1ccc(N(C)C2CC2)cc1[N+](=O)[O-]. The van der Waals surface area contributed by atoms with Crippen molar-refractivity contribution in [2.24, 2.45) is 0 Å². The highest BCUT2D eigenvalue weighted by Gasteiger charge is 2.28. The number of rotatable bonds is 4. The van der Waals surface area contributed by atoms with E-state index < -0.39 is 4.92 Å². The number of nitrogens with zero attached hydrogens (tertiary/aromatic N) is 2. The van der Waals surface area contributed by atoms with E-state index in [0.29, 0.717) is 6.04 Å². The molecule has 0 atom stereocenters. The molecule has 1 aromatic rings. The van der Waals surface area contributed by atoms with Gasteiger partial charge in [-0.15, -0.1) is 0 Å². The molecule has 1 aromatic carbocycles. The highest BCUT2D eigenvalue weighted by atomic mass is 16.6. The van der Waals surface area contributed by atoms with Gasteiger partial charge in [0.15, 0.2) is 5.78 Å². The number of benzene rings is 1. The van der Waals surface area contributed by atoms with Crippen molar-refractivity contribution < 1.29 is 9.72 Å². The number of anilines is 1. The normalized spacial score (nSPS) is 14.5. The van der Waals surface area contributed by atoms with Crippen LogP contribution in [-0.4, -0.2) is 23.8 Å². The summed E-state index contributed by atoms with van der Waals surface area (Å²) < 4.78 is 0. The molecule has 0 bridgehead atoms. The first-order chi connectivity index (χ1) is 8.00. The summed E-state index contributed by atoms with van der Waals surface area (Å²) in [7, 11) is 1.92. The number of nitro benzene ring substituents is 1. The maximum atomic E-state index is 11.3. The highest BCUT2D eigenvalue weighted by molar-refractivity contribution is 5.98. The molecule has 1 fully saturated rings. The van der Waals surface area contributed by atoms with E-state index >= 15 is 0 Å². The Morgan fingerprint density at radius 2 is 2.12 bits per heavy atom. The van der Waals surface area contributed by atoms with Gasteiger partial charge in [-0.05, 0) is 31.9 Å². The summed E-state index contributed by atoms with van der Waals surface area (Å²) in [6.45, 7) is 1.34. The predicted octanol–water partition coefficient (Wildman–Crippen LogP) is 2.40. The molecular weight excluding hydrogens is 220 g/mol. The molecule has 0 amide bonds. The minimum atomic E-state index is -0.499. The fourth-order valence-electron chi connectivity index (χ4n) is 1.86. The van der Waals surface area contributed by atoms with Crippen molar-refractivity contribution in [3.63, 3.8) is 0 Å². The van der Waals surface area contributed by atoms with Crippen molar-refractivity contribution in [1.29, 1.82) is 0 Å². The number of nitro groups is 1. The molecule has 1 saturated carbocycles. The minimum Gasteiger partial charge on any atom is -0.371 e. The molecule has 0 unspecified atom stereocenters. The van der Waals surface area contributed by atoms with Gasteiger partial charge in [0.1, 0.15) is 0 Å². The molecule has 1 aliphatic rings. The van der Waals surface area contributed by atoms with E-state index in [2.05, 4.69) is 0 Å². The van der Waals surface area contributed by atoms with Crippen LogP contribution in [0.1, 0.15) is 30.1 Å². The van der Waals surface area contributed by atoms with Gasteiger partial charge in [-0.3, -0.25) is 14.9 Å². The van der Waals surface area contributed by atoms with Crippen LogP contribution in [0, 0.1) is 10.1 Å². The Hall–Kier alpha value is -1.91. The zero-order valence-electron chi connectivity index (χ0n) is 9.84. The second-order valence-corrected chi connectivity index (χ2v) is 4.36. The summed E-state index contributed by atoms with van der Waals surface area (Å²) >= 11 is 0. The number of ketones is 1. The molecule has 1 aliphatic carbocycles. The number of carbonyl (C=O) groups excluding carboxylic acids is 1. The molecule has 17 heavy (non-hydrogen) atoms. The molecule has 90 valence electrons. The van der Waals surface area contributed by atoms with E-state index in [0.717, 1.165) is 18.5 Å². The smallest absolute Gasteiger partial charge is 0.282 e. The monoisotopic (exact) mass is 234 g/mol. The Morgan fingerprint density at radius 1 is 1.47 bits per heavy atom. The Balaban J connectivity index is 2.41. The fourth-order valence-corrected chi connectivity index (χ4v) is 1.86. The van der Waals surface area contributed by atoms with Crippen LogP contribution in [0.25, 0.3) is 0 Å². The van der Waals surface area contributed by atoms with Crippen LogP contribution in [-0.2, 0) is 0 Å². The van der Waals surface area contributed by atoms with Gasteiger partial charge in [0.05, 0.1) is 10.5 Å². The highest BCUT2D eigenvalue weighted by Crippen LogP contribution is 2.33. The summed E-state index contributed by atoms with van der Waals surface area (Å²) in [5.41, 5.74) is 0.856. The van der Waals surface area contributed by atoms with Crippen LogP contribution in [0.3, 0.4) is 0 Å². The van der Waals surface area contributed by atoms with E-state index in [-0.39, 0.29) is 17.0 Å². The van der Waals surface area contributed by atoms with Crippen molar-refractivity contribution in [2.75, 3.05) is 11.9 Å². The van der Waals surface area contributed by atoms with Crippen molar-refractivity contribution >= 4 is 17.2 Å². The van der Waals surface area contributed by atoms with Gasteiger partial charge in [0, 0.05) is 24.8 Å².